The molecule has 0 fully saturated rings. The fraction of sp³-hybridized carbons (Fsp3) is 0.455. The number of hydrogen-bond acceptors (Lipinski definition) is 3. The first-order valence-electron chi connectivity index (χ1n) is 4.63. The zero-order valence-electron chi connectivity index (χ0n) is 9.20. The minimum absolute atomic E-state index is 0.805. The Balaban J connectivity index is 3.19. The van der Waals surface area contributed by atoms with Crippen molar-refractivity contribution in [1.29, 1.82) is 0 Å². The van der Waals surface area contributed by atoms with Crippen LogP contribution in [0.15, 0.2) is 26.8 Å². The molecule has 0 amide bonds. The zero-order chi connectivity index (χ0) is 11.3. The molecule has 0 atom stereocenters. The molecule has 0 spiro atoms. The minimum Gasteiger partial charge on any atom is -0.130 e. The van der Waals surface area contributed by atoms with Crippen LogP contribution in [0.2, 0.25) is 0 Å². The van der Waals surface area contributed by atoms with E-state index in [9.17, 15) is 0 Å². The first-order valence-corrected chi connectivity index (χ1v) is 8.89. The van der Waals surface area contributed by atoms with Crippen molar-refractivity contribution in [2.75, 3.05) is 24.5 Å². The molecule has 1 radical (unpaired) electrons. The predicted molar refractivity (Wildman–Crippen MR) is 77.9 cm³/mol. The Morgan fingerprint density at radius 3 is 1.87 bits per heavy atom. The van der Waals surface area contributed by atoms with Gasteiger partial charge in [0.15, 0.2) is 0 Å². The van der Waals surface area contributed by atoms with Crippen LogP contribution in [0.1, 0.15) is 5.56 Å². The zero-order valence-corrected chi connectivity index (χ0v) is 12.5. The molecule has 1 aromatic rings. The van der Waals surface area contributed by atoms with Crippen molar-refractivity contribution < 1.29 is 0 Å². The summed E-state index contributed by atoms with van der Waals surface area (Å²) in [4.78, 5) is 4.11. The van der Waals surface area contributed by atoms with E-state index in [2.05, 4.69) is 30.9 Å². The van der Waals surface area contributed by atoms with Crippen molar-refractivity contribution in [2.24, 2.45) is 0 Å². The Bertz CT molecular complexity index is 297. The van der Waals surface area contributed by atoms with Gasteiger partial charge in [0.05, 0.1) is 0 Å². The molecule has 0 aliphatic rings. The molecule has 0 N–H and O–H groups in total. The maximum Gasteiger partial charge on any atom is 0.0124 e. The fourth-order valence-electron chi connectivity index (χ4n) is 1.43. The first-order chi connectivity index (χ1) is 7.26. The van der Waals surface area contributed by atoms with Gasteiger partial charge in [0.1, 0.15) is 0 Å². The van der Waals surface area contributed by atoms with E-state index in [-0.39, 0.29) is 0 Å². The summed E-state index contributed by atoms with van der Waals surface area (Å²) in [5.74, 6) is 0.805. The average Bonchev–Trinajstić information content (AvgIpc) is 2.29. The average molecular weight is 276 g/mol. The molecule has 0 saturated carbocycles. The molecule has 1 aromatic carbocycles. The molecule has 1 rings (SSSR count). The van der Waals surface area contributed by atoms with Gasteiger partial charge in [-0.3, -0.25) is 0 Å². The largest absolute Gasteiger partial charge is 0.130 e. The lowest BCUT2D eigenvalue weighted by Gasteiger charge is -2.13. The summed E-state index contributed by atoms with van der Waals surface area (Å²) in [6, 6.07) is 4.55. The molecule has 83 valence electrons. The first kappa shape index (κ1) is 13.7. The molecule has 4 heteroatoms. The topological polar surface area (TPSA) is 0 Å². The standard InChI is InChI=1S/C11H15S4/c1-13-8-6-10(14-2)9(4-5-12)11(7-8)15-3/h6-7H,4-5H2,1-3H3. The summed E-state index contributed by atoms with van der Waals surface area (Å²) in [6.45, 7) is 0. The fourth-order valence-corrected chi connectivity index (χ4v) is 3.72. The number of benzene rings is 1. The Morgan fingerprint density at radius 2 is 1.53 bits per heavy atom. The third kappa shape index (κ3) is 3.55. The summed E-state index contributed by atoms with van der Waals surface area (Å²) < 4.78 is 0. The smallest absolute Gasteiger partial charge is 0.0124 e. The van der Waals surface area contributed by atoms with Gasteiger partial charge in [-0.2, -0.15) is 0 Å². The van der Waals surface area contributed by atoms with Crippen LogP contribution in [0.3, 0.4) is 0 Å². The van der Waals surface area contributed by atoms with Gasteiger partial charge in [-0.1, -0.05) is 12.6 Å². The van der Waals surface area contributed by atoms with E-state index in [4.69, 9.17) is 12.6 Å². The lowest BCUT2D eigenvalue weighted by molar-refractivity contribution is 1.02. The van der Waals surface area contributed by atoms with E-state index < -0.39 is 0 Å². The van der Waals surface area contributed by atoms with Crippen LogP contribution in [-0.4, -0.2) is 24.5 Å². The maximum absolute atomic E-state index is 5.09. The molecule has 0 bridgehead atoms. The third-order valence-corrected chi connectivity index (χ3v) is 4.69. The number of hydrogen-bond donors (Lipinski definition) is 0. The number of thioether (sulfide) groups is 3. The van der Waals surface area contributed by atoms with E-state index in [0.717, 1.165) is 12.2 Å². The highest BCUT2D eigenvalue weighted by Crippen LogP contribution is 2.34. The van der Waals surface area contributed by atoms with Crippen LogP contribution >= 0.6 is 47.9 Å². The molecule has 0 aliphatic carbocycles. The molecule has 0 saturated heterocycles. The van der Waals surface area contributed by atoms with Gasteiger partial charge in [-0.25, -0.2) is 0 Å². The van der Waals surface area contributed by atoms with Gasteiger partial charge >= 0.3 is 0 Å². The van der Waals surface area contributed by atoms with Gasteiger partial charge in [-0.15, -0.1) is 35.3 Å². The van der Waals surface area contributed by atoms with Gasteiger partial charge in [-0.05, 0) is 42.9 Å². The molecular formula is C11H15S4. The minimum atomic E-state index is 0.805. The van der Waals surface area contributed by atoms with Crippen molar-refractivity contribution >= 4 is 47.9 Å². The molecule has 0 unspecified atom stereocenters. The van der Waals surface area contributed by atoms with Crippen LogP contribution < -0.4 is 0 Å². The quantitative estimate of drug-likeness (QED) is 0.721. The molecule has 0 heterocycles. The van der Waals surface area contributed by atoms with E-state index in [0.29, 0.717) is 0 Å². The van der Waals surface area contributed by atoms with Crippen molar-refractivity contribution in [2.45, 2.75) is 21.1 Å². The van der Waals surface area contributed by atoms with Crippen molar-refractivity contribution in [1.82, 2.24) is 0 Å². The summed E-state index contributed by atoms with van der Waals surface area (Å²) in [5, 5.41) is 0. The number of rotatable bonds is 5. The third-order valence-electron chi connectivity index (χ3n) is 2.17. The Hall–Kier alpha value is 0.620. The lowest BCUT2D eigenvalue weighted by atomic mass is 10.2. The van der Waals surface area contributed by atoms with E-state index in [1.807, 2.05) is 23.5 Å². The lowest BCUT2D eigenvalue weighted by Crippen LogP contribution is -1.94. The Labute approximate surface area is 111 Å². The second-order valence-corrected chi connectivity index (χ2v) is 5.95. The second kappa shape index (κ2) is 7.05. The molecule has 0 aliphatic heterocycles. The van der Waals surface area contributed by atoms with Crippen LogP contribution in [0.25, 0.3) is 0 Å². The molecule has 0 aromatic heterocycles. The van der Waals surface area contributed by atoms with Gasteiger partial charge < -0.3 is 0 Å². The Kier molecular flexibility index (Phi) is 6.43. The Morgan fingerprint density at radius 1 is 1.00 bits per heavy atom. The predicted octanol–water partition coefficient (Wildman–Crippen LogP) is 4.59. The summed E-state index contributed by atoms with van der Waals surface area (Å²) >= 11 is 10.5. The summed E-state index contributed by atoms with van der Waals surface area (Å²) in [5.41, 5.74) is 1.43. The van der Waals surface area contributed by atoms with Crippen molar-refractivity contribution in [3.05, 3.63) is 17.7 Å². The van der Waals surface area contributed by atoms with E-state index >= 15 is 0 Å². The van der Waals surface area contributed by atoms with Gasteiger partial charge in [0.2, 0.25) is 0 Å². The second-order valence-electron chi connectivity index (χ2n) is 2.96. The normalized spacial score (nSPS) is 10.7. The summed E-state index contributed by atoms with van der Waals surface area (Å²) in [6.07, 6.45) is 7.40. The van der Waals surface area contributed by atoms with Gasteiger partial charge in [0, 0.05) is 20.4 Å². The van der Waals surface area contributed by atoms with Crippen molar-refractivity contribution in [3.8, 4) is 0 Å². The van der Waals surface area contributed by atoms with Crippen LogP contribution in [-0.2, 0) is 6.42 Å². The van der Waals surface area contributed by atoms with Crippen molar-refractivity contribution in [3.63, 3.8) is 0 Å². The molecule has 15 heavy (non-hydrogen) atoms. The maximum atomic E-state index is 5.09. The monoisotopic (exact) mass is 275 g/mol. The highest BCUT2D eigenvalue weighted by molar-refractivity contribution is 8.00. The summed E-state index contributed by atoms with van der Waals surface area (Å²) in [7, 11) is 0. The molecule has 0 nitrogen and oxygen atoms in total. The van der Waals surface area contributed by atoms with Crippen LogP contribution in [0.4, 0.5) is 0 Å². The molecular weight excluding hydrogens is 260 g/mol. The SMILES string of the molecule is CSc1cc(SC)c(CC[S])c(SC)c1. The van der Waals surface area contributed by atoms with E-state index in [1.165, 1.54) is 20.2 Å². The highest BCUT2D eigenvalue weighted by atomic mass is 32.2. The van der Waals surface area contributed by atoms with Crippen LogP contribution in [0, 0.1) is 0 Å². The van der Waals surface area contributed by atoms with Crippen LogP contribution in [0.5, 0.6) is 0 Å². The highest BCUT2D eigenvalue weighted by Gasteiger charge is 2.09. The van der Waals surface area contributed by atoms with E-state index in [1.54, 1.807) is 11.8 Å². The van der Waals surface area contributed by atoms with Gasteiger partial charge in [0.25, 0.3) is 0 Å².